The van der Waals surface area contributed by atoms with Gasteiger partial charge in [0, 0.05) is 0 Å². The van der Waals surface area contributed by atoms with Crippen LogP contribution in [0.5, 0.6) is 0 Å². The molecule has 3 heteroatoms. The van der Waals surface area contributed by atoms with Crippen molar-refractivity contribution in [1.29, 1.82) is 0 Å². The van der Waals surface area contributed by atoms with Crippen molar-refractivity contribution in [1.82, 2.24) is 0 Å². The third kappa shape index (κ3) is 5.61. The van der Waals surface area contributed by atoms with Crippen molar-refractivity contribution in [3.63, 3.8) is 0 Å². The van der Waals surface area contributed by atoms with E-state index in [1.807, 2.05) is 0 Å². The molecule has 0 aliphatic heterocycles. The number of halogens is 1. The lowest BCUT2D eigenvalue weighted by atomic mass is 9.75. The Bertz CT molecular complexity index is 253. The van der Waals surface area contributed by atoms with Gasteiger partial charge in [-0.25, -0.2) is 0 Å². The third-order valence-electron chi connectivity index (χ3n) is 4.98. The number of hydrogen-bond acceptors (Lipinski definition) is 1. The Balaban J connectivity index is 0.00000324. The van der Waals surface area contributed by atoms with Crippen molar-refractivity contribution in [2.45, 2.75) is 66.0 Å². The van der Waals surface area contributed by atoms with Crippen molar-refractivity contribution in [3.8, 4) is 0 Å². The van der Waals surface area contributed by atoms with E-state index in [2.05, 4.69) is 48.7 Å². The van der Waals surface area contributed by atoms with Crippen molar-refractivity contribution in [2.75, 3.05) is 20.8 Å². The molecule has 0 bridgehead atoms. The molecule has 1 saturated carbocycles. The van der Waals surface area contributed by atoms with Gasteiger partial charge < -0.3 is 21.6 Å². The number of hydrogen-bond donors (Lipinski definition) is 0. The molecule has 0 amide bonds. The molecule has 0 aromatic rings. The highest BCUT2D eigenvalue weighted by atomic mass is 35.5. The van der Waals surface area contributed by atoms with Gasteiger partial charge in [0.15, 0.2) is 6.73 Å². The van der Waals surface area contributed by atoms with E-state index < -0.39 is 0 Å². The van der Waals surface area contributed by atoms with Crippen LogP contribution in [0.3, 0.4) is 0 Å². The maximum Gasteiger partial charge on any atom is 0.183 e. The van der Waals surface area contributed by atoms with Gasteiger partial charge in [-0.1, -0.05) is 27.2 Å². The van der Waals surface area contributed by atoms with Gasteiger partial charge in [-0.05, 0) is 44.4 Å². The largest absolute Gasteiger partial charge is 1.00 e. The monoisotopic (exact) mass is 291 g/mol. The first kappa shape index (κ1) is 19.2. The lowest BCUT2D eigenvalue weighted by molar-refractivity contribution is -0.930. The van der Waals surface area contributed by atoms with Gasteiger partial charge in [-0.3, -0.25) is 0 Å². The minimum absolute atomic E-state index is 0. The SMILES string of the molecule is CC(C)[C@@H]1CC[C@@H](C)C[C@H]1OC[N+](C)(C)C(C)C.[Cl-]. The molecule has 1 aliphatic rings. The zero-order chi connectivity index (χ0) is 13.9. The summed E-state index contributed by atoms with van der Waals surface area (Å²) >= 11 is 0. The maximum absolute atomic E-state index is 6.33. The molecule has 1 aliphatic carbocycles. The molecular weight excluding hydrogens is 258 g/mol. The van der Waals surface area contributed by atoms with Crippen LogP contribution in [0.1, 0.15) is 53.9 Å². The Morgan fingerprint density at radius 2 is 1.68 bits per heavy atom. The van der Waals surface area contributed by atoms with Crippen molar-refractivity contribution in [3.05, 3.63) is 0 Å². The first-order valence-electron chi connectivity index (χ1n) is 7.68. The Morgan fingerprint density at radius 1 is 1.11 bits per heavy atom. The van der Waals surface area contributed by atoms with Crippen LogP contribution in [0, 0.1) is 17.8 Å². The highest BCUT2D eigenvalue weighted by Crippen LogP contribution is 2.35. The van der Waals surface area contributed by atoms with Gasteiger partial charge in [-0.15, -0.1) is 0 Å². The van der Waals surface area contributed by atoms with Crippen molar-refractivity contribution < 1.29 is 21.6 Å². The highest BCUT2D eigenvalue weighted by Gasteiger charge is 2.33. The topological polar surface area (TPSA) is 9.23 Å². The Kier molecular flexibility index (Phi) is 7.94. The van der Waals surface area contributed by atoms with E-state index in [0.29, 0.717) is 12.1 Å². The Labute approximate surface area is 126 Å². The molecule has 1 fully saturated rings. The summed E-state index contributed by atoms with van der Waals surface area (Å²) in [6, 6.07) is 0.614. The first-order valence-corrected chi connectivity index (χ1v) is 7.68. The molecule has 0 spiro atoms. The summed E-state index contributed by atoms with van der Waals surface area (Å²) in [5.74, 6) is 2.34. The first-order chi connectivity index (χ1) is 8.24. The summed E-state index contributed by atoms with van der Waals surface area (Å²) in [4.78, 5) is 0. The molecule has 1 rings (SSSR count). The number of rotatable bonds is 5. The summed E-state index contributed by atoms with van der Waals surface area (Å²) in [5, 5.41) is 0. The van der Waals surface area contributed by atoms with Crippen LogP contribution in [0.4, 0.5) is 0 Å². The minimum atomic E-state index is 0. The number of nitrogens with zero attached hydrogens (tertiary/aromatic N) is 1. The fourth-order valence-corrected chi connectivity index (χ4v) is 2.74. The summed E-state index contributed by atoms with van der Waals surface area (Å²) in [6.45, 7) is 12.5. The zero-order valence-electron chi connectivity index (χ0n) is 13.9. The molecule has 0 aromatic heterocycles. The third-order valence-corrected chi connectivity index (χ3v) is 4.98. The van der Waals surface area contributed by atoms with Gasteiger partial charge in [0.1, 0.15) is 0 Å². The maximum atomic E-state index is 6.33. The standard InChI is InChI=1S/C16H34NO.ClH/c1-12(2)15-9-8-14(5)10-16(15)18-11-17(6,7)13(3)4;/h12-16H,8-11H2,1-7H3;1H/q+1;/p-1/t14-,15+,16-;/m1./s1. The van der Waals surface area contributed by atoms with Gasteiger partial charge in [0.25, 0.3) is 0 Å². The molecule has 0 N–H and O–H groups in total. The van der Waals surface area contributed by atoms with E-state index in [9.17, 15) is 0 Å². The van der Waals surface area contributed by atoms with Crippen LogP contribution < -0.4 is 12.4 Å². The normalized spacial score (nSPS) is 28.6. The van der Waals surface area contributed by atoms with E-state index in [-0.39, 0.29) is 12.4 Å². The van der Waals surface area contributed by atoms with Crippen molar-refractivity contribution >= 4 is 0 Å². The molecule has 3 atom stereocenters. The van der Waals surface area contributed by atoms with Crippen LogP contribution in [0.25, 0.3) is 0 Å². The van der Waals surface area contributed by atoms with Gasteiger partial charge >= 0.3 is 0 Å². The second-order valence-corrected chi connectivity index (χ2v) is 7.53. The quantitative estimate of drug-likeness (QED) is 0.540. The summed E-state index contributed by atoms with van der Waals surface area (Å²) < 4.78 is 7.28. The average Bonchev–Trinajstić information content (AvgIpc) is 2.26. The Morgan fingerprint density at radius 3 is 2.16 bits per heavy atom. The van der Waals surface area contributed by atoms with E-state index in [4.69, 9.17) is 4.74 Å². The fourth-order valence-electron chi connectivity index (χ4n) is 2.74. The molecule has 116 valence electrons. The molecule has 2 nitrogen and oxygen atoms in total. The van der Waals surface area contributed by atoms with Gasteiger partial charge in [0.05, 0.1) is 26.2 Å². The van der Waals surface area contributed by atoms with Gasteiger partial charge in [-0.2, -0.15) is 0 Å². The van der Waals surface area contributed by atoms with E-state index in [1.165, 1.54) is 19.3 Å². The van der Waals surface area contributed by atoms with E-state index in [0.717, 1.165) is 29.0 Å². The average molecular weight is 292 g/mol. The molecule has 19 heavy (non-hydrogen) atoms. The lowest BCUT2D eigenvalue weighted by Gasteiger charge is -2.40. The van der Waals surface area contributed by atoms with E-state index >= 15 is 0 Å². The van der Waals surface area contributed by atoms with Crippen LogP contribution >= 0.6 is 0 Å². The van der Waals surface area contributed by atoms with Crippen LogP contribution in [0.2, 0.25) is 0 Å². The molecule has 0 unspecified atom stereocenters. The molecule has 0 radical (unpaired) electrons. The smallest absolute Gasteiger partial charge is 0.183 e. The highest BCUT2D eigenvalue weighted by molar-refractivity contribution is 4.81. The number of ether oxygens (including phenoxy) is 1. The van der Waals surface area contributed by atoms with E-state index in [1.54, 1.807) is 0 Å². The molecule has 0 aromatic carbocycles. The van der Waals surface area contributed by atoms with Gasteiger partial charge in [0.2, 0.25) is 0 Å². The predicted octanol–water partition coefficient (Wildman–Crippen LogP) is 0.910. The Hall–Kier alpha value is 0.210. The van der Waals surface area contributed by atoms with Crippen LogP contribution in [-0.2, 0) is 4.74 Å². The second-order valence-electron chi connectivity index (χ2n) is 7.53. The summed E-state index contributed by atoms with van der Waals surface area (Å²) in [7, 11) is 4.53. The predicted molar refractivity (Wildman–Crippen MR) is 78.3 cm³/mol. The van der Waals surface area contributed by atoms with Crippen molar-refractivity contribution in [2.24, 2.45) is 17.8 Å². The zero-order valence-corrected chi connectivity index (χ0v) is 14.7. The number of quaternary nitrogens is 1. The lowest BCUT2D eigenvalue weighted by Crippen LogP contribution is -3.00. The second kappa shape index (κ2) is 7.85. The van der Waals surface area contributed by atoms with Crippen LogP contribution in [0.15, 0.2) is 0 Å². The van der Waals surface area contributed by atoms with Crippen LogP contribution in [-0.4, -0.2) is 37.5 Å². The molecule has 0 heterocycles. The fraction of sp³-hybridized carbons (Fsp3) is 1.00. The minimum Gasteiger partial charge on any atom is -1.00 e. The summed E-state index contributed by atoms with van der Waals surface area (Å²) in [5.41, 5.74) is 0. The molecule has 0 saturated heterocycles. The molecular formula is C16H34ClNO. The summed E-state index contributed by atoms with van der Waals surface area (Å²) in [6.07, 6.45) is 4.45.